The zero-order valence-electron chi connectivity index (χ0n) is 14.7. The van der Waals surface area contributed by atoms with Crippen LogP contribution in [0.1, 0.15) is 23.2 Å². The summed E-state index contributed by atoms with van der Waals surface area (Å²) in [6, 6.07) is 15.2. The third-order valence-corrected chi connectivity index (χ3v) is 6.33. The van der Waals surface area contributed by atoms with E-state index < -0.39 is 10.0 Å². The van der Waals surface area contributed by atoms with Gasteiger partial charge < -0.3 is 10.6 Å². The molecule has 1 aliphatic rings. The van der Waals surface area contributed by atoms with Crippen molar-refractivity contribution in [3.8, 4) is 0 Å². The number of piperidine rings is 1. The fourth-order valence-electron chi connectivity index (χ4n) is 2.97. The van der Waals surface area contributed by atoms with Crippen molar-refractivity contribution in [2.24, 2.45) is 0 Å². The summed E-state index contributed by atoms with van der Waals surface area (Å²) < 4.78 is 27.0. The van der Waals surface area contributed by atoms with Gasteiger partial charge in [0.2, 0.25) is 0 Å². The van der Waals surface area contributed by atoms with Gasteiger partial charge in [-0.05, 0) is 56.3 Å². The molecule has 1 amide bonds. The van der Waals surface area contributed by atoms with E-state index in [0.717, 1.165) is 25.9 Å². The van der Waals surface area contributed by atoms with Gasteiger partial charge in [0.25, 0.3) is 15.9 Å². The topological polar surface area (TPSA) is 78.5 Å². The number of rotatable bonds is 5. The predicted octanol–water partition coefficient (Wildman–Crippen LogP) is 1.99. The first-order valence-corrected chi connectivity index (χ1v) is 10.1. The molecule has 1 fully saturated rings. The van der Waals surface area contributed by atoms with Gasteiger partial charge in [0.1, 0.15) is 0 Å². The summed E-state index contributed by atoms with van der Waals surface area (Å²) in [6.45, 7) is 1.75. The molecule has 1 saturated heterocycles. The Morgan fingerprint density at radius 3 is 2.46 bits per heavy atom. The molecule has 0 atom stereocenters. The van der Waals surface area contributed by atoms with Gasteiger partial charge in [-0.3, -0.25) is 9.10 Å². The van der Waals surface area contributed by atoms with Crippen LogP contribution in [0.5, 0.6) is 0 Å². The summed E-state index contributed by atoms with van der Waals surface area (Å²) in [5.74, 6) is -0.240. The summed E-state index contributed by atoms with van der Waals surface area (Å²) in [4.78, 5) is 12.6. The van der Waals surface area contributed by atoms with Gasteiger partial charge in [0.15, 0.2) is 0 Å². The summed E-state index contributed by atoms with van der Waals surface area (Å²) in [7, 11) is -2.23. The minimum atomic E-state index is -3.74. The number of benzene rings is 2. The summed E-state index contributed by atoms with van der Waals surface area (Å²) >= 11 is 0. The second kappa shape index (κ2) is 7.88. The Morgan fingerprint density at radius 2 is 1.77 bits per heavy atom. The standard InChI is InChI=1S/C19H23N3O3S/c1-22(17-7-3-2-4-8-17)26(24,25)18-9-5-6-15(14-18)19(23)21-16-10-12-20-13-11-16/h2-9,14,16,20H,10-13H2,1H3,(H,21,23). The fourth-order valence-corrected chi connectivity index (χ4v) is 4.21. The highest BCUT2D eigenvalue weighted by molar-refractivity contribution is 7.92. The second-order valence-electron chi connectivity index (χ2n) is 6.33. The average molecular weight is 373 g/mol. The van der Waals surface area contributed by atoms with Gasteiger partial charge in [-0.2, -0.15) is 0 Å². The first-order chi connectivity index (χ1) is 12.5. The minimum absolute atomic E-state index is 0.0989. The SMILES string of the molecule is CN(c1ccccc1)S(=O)(=O)c1cccc(C(=O)NC2CCNCC2)c1. The summed E-state index contributed by atoms with van der Waals surface area (Å²) in [6.07, 6.45) is 1.75. The normalized spacial score (nSPS) is 15.4. The Balaban J connectivity index is 1.80. The zero-order chi connectivity index (χ0) is 18.6. The maximum absolute atomic E-state index is 12.9. The number of nitrogens with zero attached hydrogens (tertiary/aromatic N) is 1. The number of anilines is 1. The summed E-state index contributed by atoms with van der Waals surface area (Å²) in [5, 5.41) is 6.24. The van der Waals surface area contributed by atoms with Crippen molar-refractivity contribution in [3.05, 3.63) is 60.2 Å². The van der Waals surface area contributed by atoms with Crippen molar-refractivity contribution < 1.29 is 13.2 Å². The van der Waals surface area contributed by atoms with Gasteiger partial charge in [0.05, 0.1) is 10.6 Å². The van der Waals surface area contributed by atoms with Gasteiger partial charge >= 0.3 is 0 Å². The molecule has 1 aliphatic heterocycles. The molecule has 26 heavy (non-hydrogen) atoms. The van der Waals surface area contributed by atoms with Crippen molar-refractivity contribution in [3.63, 3.8) is 0 Å². The van der Waals surface area contributed by atoms with Crippen LogP contribution in [0.2, 0.25) is 0 Å². The fraction of sp³-hybridized carbons (Fsp3) is 0.316. The van der Waals surface area contributed by atoms with Crippen LogP contribution in [0, 0.1) is 0 Å². The van der Waals surface area contributed by atoms with Crippen molar-refractivity contribution in [1.29, 1.82) is 0 Å². The highest BCUT2D eigenvalue weighted by Crippen LogP contribution is 2.22. The van der Waals surface area contributed by atoms with Gasteiger partial charge in [0, 0.05) is 18.7 Å². The highest BCUT2D eigenvalue weighted by atomic mass is 32.2. The quantitative estimate of drug-likeness (QED) is 0.840. The molecule has 0 bridgehead atoms. The molecular formula is C19H23N3O3S. The zero-order valence-corrected chi connectivity index (χ0v) is 15.5. The number of carbonyl (C=O) groups excluding carboxylic acids is 1. The Hall–Kier alpha value is -2.38. The second-order valence-corrected chi connectivity index (χ2v) is 8.30. The van der Waals surface area contributed by atoms with Gasteiger partial charge in [-0.1, -0.05) is 24.3 Å². The molecule has 2 aromatic rings. The lowest BCUT2D eigenvalue weighted by atomic mass is 10.1. The monoisotopic (exact) mass is 373 g/mol. The number of sulfonamides is 1. The molecule has 138 valence electrons. The minimum Gasteiger partial charge on any atom is -0.349 e. The van der Waals surface area contributed by atoms with Crippen LogP contribution in [-0.2, 0) is 10.0 Å². The van der Waals surface area contributed by atoms with Crippen LogP contribution < -0.4 is 14.9 Å². The molecule has 0 radical (unpaired) electrons. The van der Waals surface area contributed by atoms with Crippen LogP contribution in [-0.4, -0.2) is 40.5 Å². The molecule has 0 unspecified atom stereocenters. The first-order valence-electron chi connectivity index (χ1n) is 8.64. The van der Waals surface area contributed by atoms with E-state index in [2.05, 4.69) is 10.6 Å². The van der Waals surface area contributed by atoms with E-state index in [0.29, 0.717) is 11.3 Å². The van der Waals surface area contributed by atoms with Crippen LogP contribution in [0.25, 0.3) is 0 Å². The third kappa shape index (κ3) is 4.05. The van der Waals surface area contributed by atoms with E-state index in [9.17, 15) is 13.2 Å². The predicted molar refractivity (Wildman–Crippen MR) is 102 cm³/mol. The number of hydrogen-bond acceptors (Lipinski definition) is 4. The van der Waals surface area contributed by atoms with Gasteiger partial charge in [-0.25, -0.2) is 8.42 Å². The third-order valence-electron chi connectivity index (χ3n) is 4.55. The maximum atomic E-state index is 12.9. The van der Waals surface area contributed by atoms with E-state index in [1.54, 1.807) is 36.4 Å². The van der Waals surface area contributed by atoms with E-state index in [1.807, 2.05) is 6.07 Å². The Morgan fingerprint density at radius 1 is 1.08 bits per heavy atom. The molecule has 0 aliphatic carbocycles. The molecule has 0 saturated carbocycles. The lowest BCUT2D eigenvalue weighted by molar-refractivity contribution is 0.0929. The van der Waals surface area contributed by atoms with Crippen molar-refractivity contribution in [1.82, 2.24) is 10.6 Å². The smallest absolute Gasteiger partial charge is 0.264 e. The van der Waals surface area contributed by atoms with E-state index in [4.69, 9.17) is 0 Å². The number of carbonyl (C=O) groups is 1. The molecule has 0 aromatic heterocycles. The van der Waals surface area contributed by atoms with Crippen molar-refractivity contribution >= 4 is 21.6 Å². The molecule has 7 heteroatoms. The van der Waals surface area contributed by atoms with Crippen LogP contribution >= 0.6 is 0 Å². The number of para-hydroxylation sites is 1. The lowest BCUT2D eigenvalue weighted by Crippen LogP contribution is -2.42. The highest BCUT2D eigenvalue weighted by Gasteiger charge is 2.23. The molecule has 6 nitrogen and oxygen atoms in total. The molecule has 2 aromatic carbocycles. The van der Waals surface area contributed by atoms with Crippen LogP contribution in [0.3, 0.4) is 0 Å². The van der Waals surface area contributed by atoms with E-state index in [-0.39, 0.29) is 16.8 Å². The lowest BCUT2D eigenvalue weighted by Gasteiger charge is -2.24. The van der Waals surface area contributed by atoms with E-state index in [1.165, 1.54) is 23.5 Å². The van der Waals surface area contributed by atoms with Crippen LogP contribution in [0.15, 0.2) is 59.5 Å². The van der Waals surface area contributed by atoms with E-state index >= 15 is 0 Å². The molecule has 2 N–H and O–H groups in total. The van der Waals surface area contributed by atoms with Gasteiger partial charge in [-0.15, -0.1) is 0 Å². The molecule has 1 heterocycles. The first kappa shape index (κ1) is 18.4. The molecule has 3 rings (SSSR count). The number of hydrogen-bond donors (Lipinski definition) is 2. The largest absolute Gasteiger partial charge is 0.349 e. The molecular weight excluding hydrogens is 350 g/mol. The van der Waals surface area contributed by atoms with Crippen LogP contribution in [0.4, 0.5) is 5.69 Å². The average Bonchev–Trinajstić information content (AvgIpc) is 2.69. The Bertz CT molecular complexity index is 863. The Kier molecular flexibility index (Phi) is 5.58. The molecule has 0 spiro atoms. The Labute approximate surface area is 154 Å². The van der Waals surface area contributed by atoms with Crippen molar-refractivity contribution in [2.45, 2.75) is 23.8 Å². The number of nitrogens with one attached hydrogen (secondary N) is 2. The van der Waals surface area contributed by atoms with Crippen molar-refractivity contribution in [2.75, 3.05) is 24.4 Å². The maximum Gasteiger partial charge on any atom is 0.264 e. The number of amides is 1. The summed E-state index contributed by atoms with van der Waals surface area (Å²) in [5.41, 5.74) is 0.920.